The second-order valence-corrected chi connectivity index (χ2v) is 11.3. The van der Waals surface area contributed by atoms with Crippen LogP contribution in [0.5, 0.6) is 5.88 Å². The van der Waals surface area contributed by atoms with Crippen molar-refractivity contribution < 1.29 is 4.74 Å². The van der Waals surface area contributed by atoms with Crippen molar-refractivity contribution in [2.45, 2.75) is 66.4 Å². The molecule has 0 atom stereocenters. The van der Waals surface area contributed by atoms with Crippen molar-refractivity contribution in [2.24, 2.45) is 5.41 Å². The lowest BCUT2D eigenvalue weighted by molar-refractivity contribution is 0.234. The standard InChI is InChI=1S/C30H35N3OS/c1-20(2)29-31-24(19-35-29)18-30(5,6)16-10-12-22-11-9-13-23(17-22)27-28(34-21(3)4)33-26-15-8-7-14-25(26)32-27/h7-15,17,19-21H,16,18H2,1-6H3/b12-10+. The van der Waals surface area contributed by atoms with Gasteiger partial charge in [0, 0.05) is 16.9 Å². The van der Waals surface area contributed by atoms with Crippen LogP contribution in [0.2, 0.25) is 0 Å². The molecule has 35 heavy (non-hydrogen) atoms. The van der Waals surface area contributed by atoms with Gasteiger partial charge in [0.15, 0.2) is 0 Å². The Morgan fingerprint density at radius 1 is 0.943 bits per heavy atom. The zero-order valence-corrected chi connectivity index (χ0v) is 22.4. The third kappa shape index (κ3) is 6.55. The maximum Gasteiger partial charge on any atom is 0.241 e. The first kappa shape index (κ1) is 25.1. The minimum atomic E-state index is 0.0175. The van der Waals surface area contributed by atoms with Crippen LogP contribution in [0, 0.1) is 5.41 Å². The molecule has 0 aliphatic heterocycles. The summed E-state index contributed by atoms with van der Waals surface area (Å²) in [5, 5.41) is 3.44. The van der Waals surface area contributed by atoms with Crippen molar-refractivity contribution >= 4 is 28.4 Å². The third-order valence-corrected chi connectivity index (χ3v) is 6.94. The Balaban J connectivity index is 1.53. The van der Waals surface area contributed by atoms with E-state index >= 15 is 0 Å². The number of hydrogen-bond donors (Lipinski definition) is 0. The van der Waals surface area contributed by atoms with E-state index in [9.17, 15) is 0 Å². The number of para-hydroxylation sites is 2. The molecule has 4 nitrogen and oxygen atoms in total. The molecule has 4 aromatic rings. The highest BCUT2D eigenvalue weighted by molar-refractivity contribution is 7.09. The summed E-state index contributed by atoms with van der Waals surface area (Å²) < 4.78 is 6.05. The molecule has 2 aromatic heterocycles. The van der Waals surface area contributed by atoms with Gasteiger partial charge >= 0.3 is 0 Å². The van der Waals surface area contributed by atoms with Crippen LogP contribution in [-0.2, 0) is 6.42 Å². The van der Waals surface area contributed by atoms with Crippen molar-refractivity contribution in [1.29, 1.82) is 0 Å². The minimum absolute atomic E-state index is 0.0175. The van der Waals surface area contributed by atoms with Crippen LogP contribution in [0.3, 0.4) is 0 Å². The number of nitrogens with zero attached hydrogens (tertiary/aromatic N) is 3. The van der Waals surface area contributed by atoms with E-state index < -0.39 is 0 Å². The van der Waals surface area contributed by atoms with Crippen LogP contribution >= 0.6 is 11.3 Å². The van der Waals surface area contributed by atoms with Crippen LogP contribution in [0.4, 0.5) is 0 Å². The van der Waals surface area contributed by atoms with Crippen LogP contribution < -0.4 is 4.74 Å². The average Bonchev–Trinajstić information content (AvgIpc) is 3.26. The van der Waals surface area contributed by atoms with Crippen LogP contribution in [-0.4, -0.2) is 21.1 Å². The molecular weight excluding hydrogens is 450 g/mol. The normalized spacial score (nSPS) is 12.3. The SMILES string of the molecule is CC(C)Oc1nc2ccccc2nc1-c1cccc(/C=C/CC(C)(C)Cc2csc(C(C)C)n2)c1. The van der Waals surface area contributed by atoms with E-state index in [2.05, 4.69) is 69.5 Å². The first-order chi connectivity index (χ1) is 16.7. The van der Waals surface area contributed by atoms with Crippen LogP contribution in [0.25, 0.3) is 28.4 Å². The Kier molecular flexibility index (Phi) is 7.66. The summed E-state index contributed by atoms with van der Waals surface area (Å²) in [6.07, 6.45) is 6.44. The van der Waals surface area contributed by atoms with Gasteiger partial charge in [-0.3, -0.25) is 0 Å². The van der Waals surface area contributed by atoms with Crippen LogP contribution in [0.15, 0.2) is 60.0 Å². The van der Waals surface area contributed by atoms with Gasteiger partial charge in [0.25, 0.3) is 0 Å². The summed E-state index contributed by atoms with van der Waals surface area (Å²) in [5.41, 5.74) is 5.96. The first-order valence-electron chi connectivity index (χ1n) is 12.3. The monoisotopic (exact) mass is 485 g/mol. The molecule has 0 saturated heterocycles. The zero-order chi connectivity index (χ0) is 25.0. The van der Waals surface area contributed by atoms with E-state index in [0.29, 0.717) is 11.8 Å². The maximum atomic E-state index is 6.05. The number of aromatic nitrogens is 3. The van der Waals surface area contributed by atoms with Crippen molar-refractivity contribution in [3.05, 3.63) is 76.3 Å². The minimum Gasteiger partial charge on any atom is -0.473 e. The fourth-order valence-corrected chi connectivity index (χ4v) is 4.85. The second kappa shape index (κ2) is 10.7. The highest BCUT2D eigenvalue weighted by atomic mass is 32.1. The summed E-state index contributed by atoms with van der Waals surface area (Å²) in [6, 6.07) is 16.3. The smallest absolute Gasteiger partial charge is 0.241 e. The molecule has 0 radical (unpaired) electrons. The Labute approximate surface area is 213 Å². The molecule has 5 heteroatoms. The lowest BCUT2D eigenvalue weighted by Gasteiger charge is -2.21. The van der Waals surface area contributed by atoms with Gasteiger partial charge in [0.2, 0.25) is 5.88 Å². The van der Waals surface area contributed by atoms with Gasteiger partial charge < -0.3 is 4.74 Å². The molecule has 0 saturated carbocycles. The number of hydrogen-bond acceptors (Lipinski definition) is 5. The van der Waals surface area contributed by atoms with Crippen LogP contribution in [0.1, 0.15) is 70.1 Å². The van der Waals surface area contributed by atoms with Gasteiger partial charge in [-0.1, -0.05) is 70.2 Å². The Morgan fingerprint density at radius 2 is 1.69 bits per heavy atom. The van der Waals surface area contributed by atoms with E-state index in [1.165, 1.54) is 10.7 Å². The Hall–Kier alpha value is -3.05. The Bertz CT molecular complexity index is 1320. The molecule has 0 fully saturated rings. The highest BCUT2D eigenvalue weighted by Crippen LogP contribution is 2.32. The molecule has 0 aliphatic rings. The second-order valence-electron chi connectivity index (χ2n) is 10.4. The zero-order valence-electron chi connectivity index (χ0n) is 21.6. The van der Waals surface area contributed by atoms with E-state index in [4.69, 9.17) is 19.7 Å². The molecule has 0 spiro atoms. The average molecular weight is 486 g/mol. The predicted molar refractivity (Wildman–Crippen MR) is 148 cm³/mol. The Morgan fingerprint density at radius 3 is 2.37 bits per heavy atom. The molecule has 2 aromatic carbocycles. The molecular formula is C30H35N3OS. The maximum absolute atomic E-state index is 6.05. The number of benzene rings is 2. The third-order valence-electron chi connectivity index (χ3n) is 5.75. The highest BCUT2D eigenvalue weighted by Gasteiger charge is 2.19. The number of rotatable bonds is 9. The van der Waals surface area contributed by atoms with E-state index in [-0.39, 0.29) is 11.5 Å². The number of fused-ring (bicyclic) bond motifs is 1. The topological polar surface area (TPSA) is 47.9 Å². The summed E-state index contributed by atoms with van der Waals surface area (Å²) in [4.78, 5) is 14.5. The largest absolute Gasteiger partial charge is 0.473 e. The van der Waals surface area contributed by atoms with E-state index in [0.717, 1.165) is 40.7 Å². The predicted octanol–water partition coefficient (Wildman–Crippen LogP) is 8.34. The summed E-state index contributed by atoms with van der Waals surface area (Å²) in [7, 11) is 0. The summed E-state index contributed by atoms with van der Waals surface area (Å²) in [6.45, 7) is 13.0. The molecule has 2 heterocycles. The molecule has 0 aliphatic carbocycles. The number of thiazole rings is 1. The van der Waals surface area contributed by atoms with Gasteiger partial charge in [0.05, 0.1) is 27.8 Å². The van der Waals surface area contributed by atoms with E-state index in [1.54, 1.807) is 11.3 Å². The fourth-order valence-electron chi connectivity index (χ4n) is 4.01. The molecule has 0 unspecified atom stereocenters. The lowest BCUT2D eigenvalue weighted by Crippen LogP contribution is -2.14. The first-order valence-corrected chi connectivity index (χ1v) is 13.2. The van der Waals surface area contributed by atoms with Gasteiger partial charge in [-0.05, 0) is 55.9 Å². The van der Waals surface area contributed by atoms with Crippen molar-refractivity contribution in [2.75, 3.05) is 0 Å². The fraction of sp³-hybridized carbons (Fsp3) is 0.367. The van der Waals surface area contributed by atoms with Crippen molar-refractivity contribution in [1.82, 2.24) is 15.0 Å². The van der Waals surface area contributed by atoms with Crippen molar-refractivity contribution in [3.63, 3.8) is 0 Å². The lowest BCUT2D eigenvalue weighted by atomic mass is 9.84. The number of ether oxygens (including phenoxy) is 1. The van der Waals surface area contributed by atoms with Gasteiger partial charge in [-0.2, -0.15) is 0 Å². The molecule has 0 bridgehead atoms. The van der Waals surface area contributed by atoms with Gasteiger partial charge in [-0.15, -0.1) is 11.3 Å². The van der Waals surface area contributed by atoms with Gasteiger partial charge in [0.1, 0.15) is 5.69 Å². The summed E-state index contributed by atoms with van der Waals surface area (Å²) in [5.74, 6) is 1.06. The quantitative estimate of drug-likeness (QED) is 0.239. The molecule has 0 amide bonds. The number of allylic oxidation sites excluding steroid dienone is 1. The van der Waals surface area contributed by atoms with E-state index in [1.807, 2.05) is 38.1 Å². The molecule has 4 rings (SSSR count). The summed E-state index contributed by atoms with van der Waals surface area (Å²) >= 11 is 1.77. The van der Waals surface area contributed by atoms with Crippen molar-refractivity contribution in [3.8, 4) is 17.1 Å². The molecule has 0 N–H and O–H groups in total. The molecule has 182 valence electrons. The van der Waals surface area contributed by atoms with Gasteiger partial charge in [-0.25, -0.2) is 15.0 Å².